The van der Waals surface area contributed by atoms with Gasteiger partial charge in [0.1, 0.15) is 0 Å². The highest BCUT2D eigenvalue weighted by Gasteiger charge is 2.28. The van der Waals surface area contributed by atoms with E-state index in [-0.39, 0.29) is 21.6 Å². The number of aromatic nitrogens is 1. The molecule has 0 N–H and O–H groups in total. The molecule has 0 saturated carbocycles. The van der Waals surface area contributed by atoms with Gasteiger partial charge in [0.15, 0.2) is 6.29 Å². The Morgan fingerprint density at radius 2 is 1.65 bits per heavy atom. The Balaban J connectivity index is 2.14. The van der Waals surface area contributed by atoms with E-state index < -0.39 is 9.84 Å². The SMILES string of the molecule is Cc1ccc(S(=O)(=O)c2nc(-c3ccccc3)oc2C=O)cc1. The van der Waals surface area contributed by atoms with E-state index in [1.54, 1.807) is 36.4 Å². The van der Waals surface area contributed by atoms with Crippen LogP contribution in [-0.2, 0) is 9.84 Å². The molecule has 0 atom stereocenters. The van der Waals surface area contributed by atoms with Gasteiger partial charge in [-0.1, -0.05) is 35.9 Å². The fourth-order valence-corrected chi connectivity index (χ4v) is 3.39. The van der Waals surface area contributed by atoms with Crippen LogP contribution in [0.2, 0.25) is 0 Å². The minimum absolute atomic E-state index is 0.0686. The minimum atomic E-state index is -3.92. The third-order valence-electron chi connectivity index (χ3n) is 3.33. The Hall–Kier alpha value is -2.73. The third kappa shape index (κ3) is 2.80. The summed E-state index contributed by atoms with van der Waals surface area (Å²) in [6, 6.07) is 15.1. The Morgan fingerprint density at radius 1 is 1.00 bits per heavy atom. The van der Waals surface area contributed by atoms with E-state index in [0.29, 0.717) is 11.8 Å². The van der Waals surface area contributed by atoms with Gasteiger partial charge in [-0.3, -0.25) is 4.79 Å². The lowest BCUT2D eigenvalue weighted by Crippen LogP contribution is -2.05. The van der Waals surface area contributed by atoms with Gasteiger partial charge in [0.05, 0.1) is 4.90 Å². The Morgan fingerprint density at radius 3 is 2.26 bits per heavy atom. The zero-order valence-electron chi connectivity index (χ0n) is 12.3. The molecule has 23 heavy (non-hydrogen) atoms. The van der Waals surface area contributed by atoms with Crippen molar-refractivity contribution in [2.45, 2.75) is 16.8 Å². The third-order valence-corrected chi connectivity index (χ3v) is 5.03. The van der Waals surface area contributed by atoms with Gasteiger partial charge in [0.2, 0.25) is 26.5 Å². The fourth-order valence-electron chi connectivity index (χ4n) is 2.12. The summed E-state index contributed by atoms with van der Waals surface area (Å²) in [6.45, 7) is 1.86. The molecule has 0 spiro atoms. The summed E-state index contributed by atoms with van der Waals surface area (Å²) in [4.78, 5) is 15.3. The van der Waals surface area contributed by atoms with Gasteiger partial charge in [-0.25, -0.2) is 8.42 Å². The van der Waals surface area contributed by atoms with Crippen molar-refractivity contribution in [1.29, 1.82) is 0 Å². The number of hydrogen-bond acceptors (Lipinski definition) is 5. The van der Waals surface area contributed by atoms with E-state index in [9.17, 15) is 13.2 Å². The zero-order chi connectivity index (χ0) is 16.4. The standard InChI is InChI=1S/C17H13NO4S/c1-12-7-9-14(10-8-12)23(20,21)17-15(11-19)22-16(18-17)13-5-3-2-4-6-13/h2-11H,1H3. The second kappa shape index (κ2) is 5.81. The maximum atomic E-state index is 12.7. The van der Waals surface area contributed by atoms with Gasteiger partial charge in [0.25, 0.3) is 0 Å². The van der Waals surface area contributed by atoms with Crippen molar-refractivity contribution in [1.82, 2.24) is 4.98 Å². The van der Waals surface area contributed by atoms with Crippen molar-refractivity contribution in [3.8, 4) is 11.5 Å². The monoisotopic (exact) mass is 327 g/mol. The van der Waals surface area contributed by atoms with Gasteiger partial charge in [-0.15, -0.1) is 0 Å². The molecule has 1 aromatic heterocycles. The lowest BCUT2D eigenvalue weighted by atomic mass is 10.2. The van der Waals surface area contributed by atoms with Crippen LogP contribution in [-0.4, -0.2) is 19.7 Å². The van der Waals surface area contributed by atoms with Crippen molar-refractivity contribution < 1.29 is 17.6 Å². The topological polar surface area (TPSA) is 77.2 Å². The molecule has 0 aliphatic heterocycles. The predicted octanol–water partition coefficient (Wildman–Crippen LogP) is 3.30. The van der Waals surface area contributed by atoms with Crippen molar-refractivity contribution in [3.05, 3.63) is 65.9 Å². The Kier molecular flexibility index (Phi) is 3.83. The first kappa shape index (κ1) is 15.2. The minimum Gasteiger partial charge on any atom is -0.432 e. The van der Waals surface area contributed by atoms with Crippen molar-refractivity contribution in [2.24, 2.45) is 0 Å². The summed E-state index contributed by atoms with van der Waals surface area (Å²) in [5, 5.41) is -0.366. The molecule has 5 nitrogen and oxygen atoms in total. The molecule has 3 rings (SSSR count). The number of hydrogen-bond donors (Lipinski definition) is 0. The second-order valence-corrected chi connectivity index (χ2v) is 6.85. The molecule has 2 aromatic carbocycles. The molecule has 0 unspecified atom stereocenters. The Labute approximate surface area is 133 Å². The highest BCUT2D eigenvalue weighted by atomic mass is 32.2. The molecule has 0 bridgehead atoms. The molecule has 116 valence electrons. The molecule has 0 fully saturated rings. The van der Waals surface area contributed by atoms with Crippen LogP contribution in [0.4, 0.5) is 0 Å². The number of oxazole rings is 1. The predicted molar refractivity (Wildman–Crippen MR) is 84.0 cm³/mol. The van der Waals surface area contributed by atoms with Crippen molar-refractivity contribution >= 4 is 16.1 Å². The van der Waals surface area contributed by atoms with E-state index in [1.165, 1.54) is 12.1 Å². The summed E-state index contributed by atoms with van der Waals surface area (Å²) in [6.07, 6.45) is 0.362. The molecule has 0 aliphatic carbocycles. The van der Waals surface area contributed by atoms with E-state index in [2.05, 4.69) is 4.98 Å². The first-order valence-corrected chi connectivity index (χ1v) is 8.34. The molecule has 1 heterocycles. The number of carbonyl (C=O) groups excluding carboxylic acids is 1. The average Bonchev–Trinajstić information content (AvgIpc) is 3.01. The molecule has 6 heteroatoms. The lowest BCUT2D eigenvalue weighted by molar-refractivity contribution is 0.109. The summed E-state index contributed by atoms with van der Waals surface area (Å²) in [5.74, 6) is -0.206. The zero-order valence-corrected chi connectivity index (χ0v) is 13.1. The van der Waals surface area contributed by atoms with Gasteiger partial charge in [0, 0.05) is 5.56 Å². The second-order valence-electron chi connectivity index (χ2n) is 4.99. The first-order chi connectivity index (χ1) is 11.0. The molecule has 0 saturated heterocycles. The molecule has 0 aliphatic rings. The number of aldehydes is 1. The maximum Gasteiger partial charge on any atom is 0.228 e. The quantitative estimate of drug-likeness (QED) is 0.687. The number of sulfone groups is 1. The van der Waals surface area contributed by atoms with E-state index in [4.69, 9.17) is 4.42 Å². The number of rotatable bonds is 4. The van der Waals surface area contributed by atoms with E-state index in [0.717, 1.165) is 5.56 Å². The molecule has 3 aromatic rings. The van der Waals surface area contributed by atoms with Crippen LogP contribution in [0, 0.1) is 6.92 Å². The lowest BCUT2D eigenvalue weighted by Gasteiger charge is -2.01. The smallest absolute Gasteiger partial charge is 0.228 e. The van der Waals surface area contributed by atoms with Crippen LogP contribution in [0.5, 0.6) is 0 Å². The van der Waals surface area contributed by atoms with Crippen molar-refractivity contribution in [2.75, 3.05) is 0 Å². The van der Waals surface area contributed by atoms with Crippen LogP contribution in [0.25, 0.3) is 11.5 Å². The average molecular weight is 327 g/mol. The van der Waals surface area contributed by atoms with Crippen molar-refractivity contribution in [3.63, 3.8) is 0 Å². The number of carbonyl (C=O) groups is 1. The van der Waals surface area contributed by atoms with Crippen LogP contribution in [0.3, 0.4) is 0 Å². The van der Waals surface area contributed by atoms with Gasteiger partial charge in [-0.2, -0.15) is 4.98 Å². The van der Waals surface area contributed by atoms with Crippen LogP contribution in [0.1, 0.15) is 16.1 Å². The summed E-state index contributed by atoms with van der Waals surface area (Å²) in [7, 11) is -3.92. The van der Waals surface area contributed by atoms with E-state index >= 15 is 0 Å². The Bertz CT molecular complexity index is 942. The molecular formula is C17H13NO4S. The maximum absolute atomic E-state index is 12.7. The normalized spacial score (nSPS) is 11.3. The number of benzene rings is 2. The molecular weight excluding hydrogens is 314 g/mol. The first-order valence-electron chi connectivity index (χ1n) is 6.85. The van der Waals surface area contributed by atoms with Gasteiger partial charge in [-0.05, 0) is 31.2 Å². The summed E-state index contributed by atoms with van der Waals surface area (Å²) >= 11 is 0. The van der Waals surface area contributed by atoms with E-state index in [1.807, 2.05) is 13.0 Å². The van der Waals surface area contributed by atoms with Crippen LogP contribution >= 0.6 is 0 Å². The summed E-state index contributed by atoms with van der Waals surface area (Å²) in [5.41, 5.74) is 1.53. The highest BCUT2D eigenvalue weighted by molar-refractivity contribution is 7.91. The highest BCUT2D eigenvalue weighted by Crippen LogP contribution is 2.28. The number of nitrogens with zero attached hydrogens (tertiary/aromatic N) is 1. The molecule has 0 amide bonds. The largest absolute Gasteiger partial charge is 0.432 e. The number of aryl methyl sites for hydroxylation is 1. The van der Waals surface area contributed by atoms with Crippen LogP contribution in [0.15, 0.2) is 68.9 Å². The van der Waals surface area contributed by atoms with Crippen LogP contribution < -0.4 is 0 Å². The fraction of sp³-hybridized carbons (Fsp3) is 0.0588. The van der Waals surface area contributed by atoms with Gasteiger partial charge >= 0.3 is 0 Å². The van der Waals surface area contributed by atoms with Gasteiger partial charge < -0.3 is 4.42 Å². The molecule has 0 radical (unpaired) electrons. The summed E-state index contributed by atoms with van der Waals surface area (Å²) < 4.78 is 30.7.